The van der Waals surface area contributed by atoms with Gasteiger partial charge in [0.1, 0.15) is 0 Å². The average molecular weight is 302 g/mol. The van der Waals surface area contributed by atoms with Crippen LogP contribution in [0.25, 0.3) is 0 Å². The molecule has 0 saturated carbocycles. The second kappa shape index (κ2) is 4.65. The minimum atomic E-state index is -0.508. The highest BCUT2D eigenvalue weighted by atomic mass is 79.9. The lowest BCUT2D eigenvalue weighted by molar-refractivity contribution is 0.181. The van der Waals surface area contributed by atoms with E-state index in [1.807, 2.05) is 26.2 Å². The van der Waals surface area contributed by atoms with Gasteiger partial charge in [0.05, 0.1) is 11.8 Å². The summed E-state index contributed by atoms with van der Waals surface area (Å²) in [5.41, 5.74) is 0.803. The molecule has 86 valence electrons. The van der Waals surface area contributed by atoms with Gasteiger partial charge in [0.25, 0.3) is 0 Å². The zero-order valence-electron chi connectivity index (χ0n) is 9.01. The molecule has 1 N–H and O–H groups in total. The van der Waals surface area contributed by atoms with E-state index in [4.69, 9.17) is 0 Å². The van der Waals surface area contributed by atoms with Gasteiger partial charge in [-0.25, -0.2) is 0 Å². The van der Waals surface area contributed by atoms with Gasteiger partial charge in [-0.3, -0.25) is 4.68 Å². The summed E-state index contributed by atoms with van der Waals surface area (Å²) in [6, 6.07) is 1.96. The van der Waals surface area contributed by atoms with Crippen LogP contribution in [0.1, 0.15) is 21.6 Å². The van der Waals surface area contributed by atoms with Crippen LogP contribution in [0.15, 0.2) is 16.7 Å². The molecule has 2 aromatic heterocycles. The van der Waals surface area contributed by atoms with Crippen molar-refractivity contribution >= 4 is 27.3 Å². The second-order valence-corrected chi connectivity index (χ2v) is 5.80. The van der Waals surface area contributed by atoms with E-state index < -0.39 is 6.10 Å². The molecule has 2 heterocycles. The predicted octanol–water partition coefficient (Wildman–Crippen LogP) is 2.22. The third kappa shape index (κ3) is 2.50. The maximum Gasteiger partial charge on any atom is 0.0939 e. The first-order valence-electron chi connectivity index (χ1n) is 4.85. The number of nitrogens with zero attached hydrogens (tertiary/aromatic N) is 3. The highest BCUT2D eigenvalue weighted by Gasteiger charge is 2.14. The zero-order valence-corrected chi connectivity index (χ0v) is 11.4. The molecule has 0 aromatic carbocycles. The zero-order chi connectivity index (χ0) is 11.7. The Morgan fingerprint density at radius 3 is 2.88 bits per heavy atom. The van der Waals surface area contributed by atoms with Crippen LogP contribution in [-0.4, -0.2) is 20.1 Å². The summed E-state index contributed by atoms with van der Waals surface area (Å²) in [6.07, 6.45) is 1.81. The van der Waals surface area contributed by atoms with Gasteiger partial charge in [0.15, 0.2) is 0 Å². The third-order valence-electron chi connectivity index (χ3n) is 2.26. The molecular weight excluding hydrogens is 290 g/mol. The average Bonchev–Trinajstić information content (AvgIpc) is 2.75. The fourth-order valence-corrected chi connectivity index (χ4v) is 2.98. The van der Waals surface area contributed by atoms with Crippen molar-refractivity contribution < 1.29 is 5.11 Å². The van der Waals surface area contributed by atoms with Gasteiger partial charge in [-0.1, -0.05) is 5.21 Å². The highest BCUT2D eigenvalue weighted by Crippen LogP contribution is 2.31. The molecule has 2 aromatic rings. The van der Waals surface area contributed by atoms with E-state index >= 15 is 0 Å². The van der Waals surface area contributed by atoms with Crippen molar-refractivity contribution in [2.45, 2.75) is 19.4 Å². The largest absolute Gasteiger partial charge is 0.387 e. The lowest BCUT2D eigenvalue weighted by atomic mass is 10.2. The Hall–Kier alpha value is -0.720. The minimum absolute atomic E-state index is 0.500. The molecule has 1 unspecified atom stereocenters. The predicted molar refractivity (Wildman–Crippen MR) is 66.4 cm³/mol. The van der Waals surface area contributed by atoms with E-state index in [1.54, 1.807) is 16.0 Å². The molecule has 0 saturated heterocycles. The first kappa shape index (κ1) is 11.8. The van der Waals surface area contributed by atoms with E-state index in [9.17, 15) is 5.11 Å². The number of aliphatic hydroxyl groups is 1. The maximum atomic E-state index is 10.0. The standard InChI is InChI=1S/C10H12BrN3OS/c1-6-8(11)4-10(16-6)9(15)3-7-5-14(2)13-12-7/h4-5,9,15H,3H2,1-2H3. The number of aryl methyl sites for hydroxylation is 2. The number of halogens is 1. The molecule has 0 aliphatic rings. The summed E-state index contributed by atoms with van der Waals surface area (Å²) in [7, 11) is 1.81. The van der Waals surface area contributed by atoms with Crippen LogP contribution in [-0.2, 0) is 13.5 Å². The van der Waals surface area contributed by atoms with E-state index in [2.05, 4.69) is 26.2 Å². The van der Waals surface area contributed by atoms with Gasteiger partial charge in [-0.2, -0.15) is 0 Å². The van der Waals surface area contributed by atoms with Crippen molar-refractivity contribution in [3.63, 3.8) is 0 Å². The molecule has 16 heavy (non-hydrogen) atoms. The van der Waals surface area contributed by atoms with Crippen LogP contribution in [0.3, 0.4) is 0 Å². The van der Waals surface area contributed by atoms with Gasteiger partial charge in [-0.15, -0.1) is 16.4 Å². The second-order valence-electron chi connectivity index (χ2n) is 3.66. The van der Waals surface area contributed by atoms with Crippen molar-refractivity contribution in [2.75, 3.05) is 0 Å². The molecule has 0 spiro atoms. The Bertz CT molecular complexity index is 474. The van der Waals surface area contributed by atoms with Crippen molar-refractivity contribution in [3.05, 3.63) is 32.2 Å². The van der Waals surface area contributed by atoms with Gasteiger partial charge in [-0.05, 0) is 28.9 Å². The fourth-order valence-electron chi connectivity index (χ4n) is 1.43. The number of aliphatic hydroxyl groups excluding tert-OH is 1. The van der Waals surface area contributed by atoms with Crippen molar-refractivity contribution in [1.29, 1.82) is 0 Å². The van der Waals surface area contributed by atoms with E-state index in [-0.39, 0.29) is 0 Å². The number of aromatic nitrogens is 3. The smallest absolute Gasteiger partial charge is 0.0939 e. The first-order valence-corrected chi connectivity index (χ1v) is 6.46. The molecule has 0 bridgehead atoms. The quantitative estimate of drug-likeness (QED) is 0.946. The number of thiophene rings is 1. The number of hydrogen-bond donors (Lipinski definition) is 1. The van der Waals surface area contributed by atoms with E-state index in [1.165, 1.54) is 4.88 Å². The van der Waals surface area contributed by atoms with Gasteiger partial charge in [0, 0.05) is 33.9 Å². The minimum Gasteiger partial charge on any atom is -0.387 e. The number of hydrogen-bond acceptors (Lipinski definition) is 4. The molecule has 0 aliphatic heterocycles. The summed E-state index contributed by atoms with van der Waals surface area (Å²) >= 11 is 5.04. The topological polar surface area (TPSA) is 50.9 Å². The van der Waals surface area contributed by atoms with Crippen LogP contribution < -0.4 is 0 Å². The Kier molecular flexibility index (Phi) is 3.41. The summed E-state index contributed by atoms with van der Waals surface area (Å²) in [4.78, 5) is 2.13. The van der Waals surface area contributed by atoms with Crippen LogP contribution in [0.4, 0.5) is 0 Å². The van der Waals surface area contributed by atoms with E-state index in [0.717, 1.165) is 15.0 Å². The van der Waals surface area contributed by atoms with Crippen LogP contribution in [0.2, 0.25) is 0 Å². The van der Waals surface area contributed by atoms with Crippen molar-refractivity contribution in [1.82, 2.24) is 15.0 Å². The molecule has 6 heteroatoms. The number of rotatable bonds is 3. The Morgan fingerprint density at radius 2 is 2.38 bits per heavy atom. The summed E-state index contributed by atoms with van der Waals surface area (Å²) < 4.78 is 2.68. The van der Waals surface area contributed by atoms with E-state index in [0.29, 0.717) is 6.42 Å². The lowest BCUT2D eigenvalue weighted by Gasteiger charge is -2.04. The van der Waals surface area contributed by atoms with Crippen LogP contribution >= 0.6 is 27.3 Å². The molecule has 0 aliphatic carbocycles. The normalized spacial score (nSPS) is 13.0. The highest BCUT2D eigenvalue weighted by molar-refractivity contribution is 9.10. The van der Waals surface area contributed by atoms with Crippen LogP contribution in [0.5, 0.6) is 0 Å². The molecule has 2 rings (SSSR count). The fraction of sp³-hybridized carbons (Fsp3) is 0.400. The first-order chi connectivity index (χ1) is 7.56. The SMILES string of the molecule is Cc1sc(C(O)Cc2cn(C)nn2)cc1Br. The van der Waals surface area contributed by atoms with Gasteiger partial charge < -0.3 is 5.11 Å². The summed E-state index contributed by atoms with van der Waals surface area (Å²) in [6.45, 7) is 2.02. The monoisotopic (exact) mass is 301 g/mol. The molecule has 0 radical (unpaired) electrons. The van der Waals surface area contributed by atoms with Gasteiger partial charge >= 0.3 is 0 Å². The van der Waals surface area contributed by atoms with Crippen molar-refractivity contribution in [3.8, 4) is 0 Å². The molecule has 0 fully saturated rings. The molecule has 4 nitrogen and oxygen atoms in total. The Balaban J connectivity index is 2.11. The van der Waals surface area contributed by atoms with Gasteiger partial charge in [0.2, 0.25) is 0 Å². The third-order valence-corrected chi connectivity index (χ3v) is 4.50. The molecular formula is C10H12BrN3OS. The van der Waals surface area contributed by atoms with Crippen molar-refractivity contribution in [2.24, 2.45) is 7.05 Å². The summed E-state index contributed by atoms with van der Waals surface area (Å²) in [5, 5.41) is 17.8. The maximum absolute atomic E-state index is 10.0. The Labute approximate surface area is 106 Å². The van der Waals surface area contributed by atoms with Crippen LogP contribution in [0, 0.1) is 6.92 Å². The molecule has 0 amide bonds. The Morgan fingerprint density at radius 1 is 1.62 bits per heavy atom. The lowest BCUT2D eigenvalue weighted by Crippen LogP contribution is -1.99. The molecule has 1 atom stereocenters. The summed E-state index contributed by atoms with van der Waals surface area (Å²) in [5.74, 6) is 0.